The molecule has 2 heterocycles. The Morgan fingerprint density at radius 3 is 2.86 bits per heavy atom. The maximum Gasteiger partial charge on any atom is 0.346 e. The average molecular weight is 284 g/mol. The quantitative estimate of drug-likeness (QED) is 0.418. The summed E-state index contributed by atoms with van der Waals surface area (Å²) in [5.74, 6) is 0. The van der Waals surface area contributed by atoms with Gasteiger partial charge in [0.05, 0.1) is 17.7 Å². The first-order valence-corrected chi connectivity index (χ1v) is 6.97. The Morgan fingerprint density at radius 2 is 2.05 bits per heavy atom. The Balaban J connectivity index is 2.21. The molecule has 0 aliphatic carbocycles. The summed E-state index contributed by atoms with van der Waals surface area (Å²) < 4.78 is 10.7. The van der Waals surface area contributed by atoms with Crippen molar-refractivity contribution >= 4 is 21.9 Å². The lowest BCUT2D eigenvalue weighted by Crippen LogP contribution is -2.09. The summed E-state index contributed by atoms with van der Waals surface area (Å²) in [7, 11) is 0. The minimum absolute atomic E-state index is 0.367. The second-order valence-corrected chi connectivity index (χ2v) is 4.83. The van der Waals surface area contributed by atoms with Gasteiger partial charge in [-0.05, 0) is 31.5 Å². The highest BCUT2D eigenvalue weighted by Crippen LogP contribution is 2.23. The van der Waals surface area contributed by atoms with E-state index in [-0.39, 0.29) is 5.63 Å². The topological polar surface area (TPSA) is 65.2 Å². The van der Waals surface area contributed by atoms with Crippen molar-refractivity contribution in [1.82, 2.24) is 10.2 Å². The SMILES string of the molecule is CCOCCc1nnc2c(c1C)c(=O)oc1ccccc12. The third-order valence-electron chi connectivity index (χ3n) is 3.55. The largest absolute Gasteiger partial charge is 0.422 e. The second kappa shape index (κ2) is 5.61. The molecule has 0 spiro atoms. The highest BCUT2D eigenvalue weighted by molar-refractivity contribution is 6.02. The molecule has 0 saturated carbocycles. The minimum Gasteiger partial charge on any atom is -0.422 e. The van der Waals surface area contributed by atoms with Crippen LogP contribution in [0.1, 0.15) is 18.2 Å². The van der Waals surface area contributed by atoms with Gasteiger partial charge in [-0.3, -0.25) is 0 Å². The summed E-state index contributed by atoms with van der Waals surface area (Å²) >= 11 is 0. The van der Waals surface area contributed by atoms with Crippen molar-refractivity contribution in [2.24, 2.45) is 0 Å². The highest BCUT2D eigenvalue weighted by Gasteiger charge is 2.14. The number of rotatable bonds is 4. The summed E-state index contributed by atoms with van der Waals surface area (Å²) in [6, 6.07) is 7.36. The third kappa shape index (κ3) is 2.40. The lowest BCUT2D eigenvalue weighted by molar-refractivity contribution is 0.150. The average Bonchev–Trinajstić information content (AvgIpc) is 2.49. The fourth-order valence-corrected chi connectivity index (χ4v) is 2.45. The molecule has 0 unspecified atom stereocenters. The monoisotopic (exact) mass is 284 g/mol. The van der Waals surface area contributed by atoms with Crippen molar-refractivity contribution in [3.8, 4) is 0 Å². The number of ether oxygens (including phenoxy) is 1. The Labute approximate surface area is 121 Å². The highest BCUT2D eigenvalue weighted by atomic mass is 16.5. The Morgan fingerprint density at radius 1 is 1.24 bits per heavy atom. The molecular weight excluding hydrogens is 268 g/mol. The first-order valence-electron chi connectivity index (χ1n) is 6.97. The van der Waals surface area contributed by atoms with E-state index >= 15 is 0 Å². The van der Waals surface area contributed by atoms with E-state index in [0.717, 1.165) is 16.6 Å². The number of benzene rings is 1. The van der Waals surface area contributed by atoms with Crippen LogP contribution in [0.5, 0.6) is 0 Å². The minimum atomic E-state index is -0.367. The van der Waals surface area contributed by atoms with Gasteiger partial charge in [-0.2, -0.15) is 5.10 Å². The van der Waals surface area contributed by atoms with Gasteiger partial charge < -0.3 is 9.15 Å². The van der Waals surface area contributed by atoms with Crippen molar-refractivity contribution < 1.29 is 9.15 Å². The molecule has 0 saturated heterocycles. The lowest BCUT2D eigenvalue weighted by atomic mass is 10.1. The van der Waals surface area contributed by atoms with E-state index < -0.39 is 0 Å². The first kappa shape index (κ1) is 13.7. The van der Waals surface area contributed by atoms with E-state index in [1.165, 1.54) is 0 Å². The predicted molar refractivity (Wildman–Crippen MR) is 80.5 cm³/mol. The molecule has 0 radical (unpaired) electrons. The smallest absolute Gasteiger partial charge is 0.346 e. The number of nitrogens with zero attached hydrogens (tertiary/aromatic N) is 2. The van der Waals surface area contributed by atoms with Gasteiger partial charge in [0.15, 0.2) is 0 Å². The Kier molecular flexibility index (Phi) is 3.66. The van der Waals surface area contributed by atoms with Gasteiger partial charge in [-0.25, -0.2) is 4.79 Å². The van der Waals surface area contributed by atoms with Gasteiger partial charge in [0.25, 0.3) is 0 Å². The number of fused-ring (bicyclic) bond motifs is 3. The van der Waals surface area contributed by atoms with Crippen LogP contribution in [0.25, 0.3) is 21.9 Å². The van der Waals surface area contributed by atoms with Gasteiger partial charge in [0.2, 0.25) is 0 Å². The second-order valence-electron chi connectivity index (χ2n) is 4.83. The van der Waals surface area contributed by atoms with E-state index in [1.54, 1.807) is 6.07 Å². The fraction of sp³-hybridized carbons (Fsp3) is 0.312. The zero-order valence-corrected chi connectivity index (χ0v) is 12.0. The summed E-state index contributed by atoms with van der Waals surface area (Å²) in [5, 5.41) is 9.82. The van der Waals surface area contributed by atoms with Crippen LogP contribution in [-0.4, -0.2) is 23.4 Å². The summed E-state index contributed by atoms with van der Waals surface area (Å²) in [6.45, 7) is 5.05. The Bertz CT molecular complexity index is 855. The lowest BCUT2D eigenvalue weighted by Gasteiger charge is -2.08. The molecule has 0 N–H and O–H groups in total. The van der Waals surface area contributed by atoms with Crippen molar-refractivity contribution in [3.63, 3.8) is 0 Å². The fourth-order valence-electron chi connectivity index (χ4n) is 2.45. The molecule has 5 heteroatoms. The number of aryl methyl sites for hydroxylation is 1. The Hall–Kier alpha value is -2.27. The van der Waals surface area contributed by atoms with Crippen LogP contribution in [0.15, 0.2) is 33.5 Å². The van der Waals surface area contributed by atoms with E-state index in [1.807, 2.05) is 32.0 Å². The van der Waals surface area contributed by atoms with E-state index in [0.29, 0.717) is 36.1 Å². The summed E-state index contributed by atoms with van der Waals surface area (Å²) in [4.78, 5) is 12.2. The van der Waals surface area contributed by atoms with Gasteiger partial charge in [-0.15, -0.1) is 5.10 Å². The zero-order chi connectivity index (χ0) is 14.8. The van der Waals surface area contributed by atoms with Crippen molar-refractivity contribution in [2.75, 3.05) is 13.2 Å². The molecule has 21 heavy (non-hydrogen) atoms. The van der Waals surface area contributed by atoms with Gasteiger partial charge in [0, 0.05) is 18.4 Å². The molecule has 2 aromatic heterocycles. The van der Waals surface area contributed by atoms with Crippen LogP contribution < -0.4 is 5.63 Å². The van der Waals surface area contributed by atoms with Crippen molar-refractivity contribution in [2.45, 2.75) is 20.3 Å². The molecule has 0 aliphatic rings. The number of para-hydroxylation sites is 1. The van der Waals surface area contributed by atoms with Crippen LogP contribution in [0.3, 0.4) is 0 Å². The molecule has 3 rings (SSSR count). The number of hydrogen-bond acceptors (Lipinski definition) is 5. The molecule has 0 amide bonds. The first-order chi connectivity index (χ1) is 10.2. The van der Waals surface area contributed by atoms with Crippen molar-refractivity contribution in [1.29, 1.82) is 0 Å². The molecule has 108 valence electrons. The van der Waals surface area contributed by atoms with E-state index in [4.69, 9.17) is 9.15 Å². The number of hydrogen-bond donors (Lipinski definition) is 0. The summed E-state index contributed by atoms with van der Waals surface area (Å²) in [6.07, 6.45) is 0.634. The molecule has 5 nitrogen and oxygen atoms in total. The van der Waals surface area contributed by atoms with Crippen LogP contribution in [-0.2, 0) is 11.2 Å². The van der Waals surface area contributed by atoms with Gasteiger partial charge >= 0.3 is 5.63 Å². The normalized spacial score (nSPS) is 11.3. The zero-order valence-electron chi connectivity index (χ0n) is 12.0. The molecule has 0 fully saturated rings. The van der Waals surface area contributed by atoms with Crippen LogP contribution in [0, 0.1) is 6.92 Å². The molecule has 0 atom stereocenters. The van der Waals surface area contributed by atoms with Gasteiger partial charge in [-0.1, -0.05) is 12.1 Å². The van der Waals surface area contributed by atoms with Crippen LogP contribution >= 0.6 is 0 Å². The third-order valence-corrected chi connectivity index (χ3v) is 3.55. The standard InChI is InChI=1S/C16H16N2O3/c1-3-20-9-8-12-10(2)14-15(18-17-12)11-6-4-5-7-13(11)21-16(14)19/h4-7H,3,8-9H2,1-2H3. The summed E-state index contributed by atoms with van der Waals surface area (Å²) in [5.41, 5.74) is 2.36. The molecular formula is C16H16N2O3. The van der Waals surface area contributed by atoms with Gasteiger partial charge in [0.1, 0.15) is 11.1 Å². The molecule has 0 bridgehead atoms. The molecule has 0 aliphatic heterocycles. The number of aromatic nitrogens is 2. The molecule has 3 aromatic rings. The van der Waals surface area contributed by atoms with E-state index in [9.17, 15) is 4.79 Å². The van der Waals surface area contributed by atoms with Crippen LogP contribution in [0.2, 0.25) is 0 Å². The maximum atomic E-state index is 12.2. The maximum absolute atomic E-state index is 12.2. The predicted octanol–water partition coefficient (Wildman–Crippen LogP) is 2.62. The van der Waals surface area contributed by atoms with E-state index in [2.05, 4.69) is 10.2 Å². The van der Waals surface area contributed by atoms with Crippen LogP contribution in [0.4, 0.5) is 0 Å². The van der Waals surface area contributed by atoms with Crippen molar-refractivity contribution in [3.05, 3.63) is 45.9 Å². The molecule has 1 aromatic carbocycles.